The molecule has 1 unspecified atom stereocenters. The number of unbranched alkanes of at least 4 members (excludes halogenated alkanes) is 12. The van der Waals surface area contributed by atoms with Gasteiger partial charge in [-0.2, -0.15) is 0 Å². The quantitative estimate of drug-likeness (QED) is 0.0380. The molecule has 0 aliphatic heterocycles. The molecule has 0 rings (SSSR count). The largest absolute Gasteiger partial charge is 0.462 e. The van der Waals surface area contributed by atoms with E-state index >= 15 is 0 Å². The second kappa shape index (κ2) is 47.7. The van der Waals surface area contributed by atoms with Crippen LogP contribution in [0, 0.1) is 0 Å². The van der Waals surface area contributed by atoms with Crippen LogP contribution in [0.4, 0.5) is 0 Å². The van der Waals surface area contributed by atoms with Gasteiger partial charge in [-0.1, -0.05) is 180 Å². The molecule has 0 aromatic carbocycles. The third-order valence-corrected chi connectivity index (χ3v) is 9.24. The van der Waals surface area contributed by atoms with Crippen LogP contribution in [0.15, 0.2) is 122 Å². The molecule has 0 aromatic heterocycles. The highest BCUT2D eigenvalue weighted by Crippen LogP contribution is 2.11. The van der Waals surface area contributed by atoms with Crippen LogP contribution in [0.25, 0.3) is 0 Å². The highest BCUT2D eigenvalue weighted by atomic mass is 16.6. The minimum Gasteiger partial charge on any atom is -0.462 e. The molecule has 0 radical (unpaired) electrons. The average molecular weight is 801 g/mol. The molecule has 0 saturated heterocycles. The Hall–Kier alpha value is -3.70. The minimum atomic E-state index is -0.801. The van der Waals surface area contributed by atoms with Gasteiger partial charge < -0.3 is 14.6 Å². The van der Waals surface area contributed by atoms with Crippen molar-refractivity contribution in [2.45, 2.75) is 187 Å². The molecule has 326 valence electrons. The summed E-state index contributed by atoms with van der Waals surface area (Å²) in [5.74, 6) is -0.651. The van der Waals surface area contributed by atoms with Gasteiger partial charge >= 0.3 is 11.9 Å². The number of hydrogen-bond acceptors (Lipinski definition) is 5. The number of ether oxygens (including phenoxy) is 2. The molecule has 0 heterocycles. The summed E-state index contributed by atoms with van der Waals surface area (Å²) in [6.07, 6.45) is 69.9. The molecule has 0 aromatic rings. The Bertz CT molecular complexity index is 1220. The summed E-state index contributed by atoms with van der Waals surface area (Å²) in [4.78, 5) is 24.3. The first-order chi connectivity index (χ1) is 28.6. The topological polar surface area (TPSA) is 72.8 Å². The van der Waals surface area contributed by atoms with Crippen molar-refractivity contribution in [2.75, 3.05) is 13.2 Å². The fourth-order valence-electron chi connectivity index (χ4n) is 5.77. The van der Waals surface area contributed by atoms with Crippen molar-refractivity contribution < 1.29 is 24.2 Å². The number of rotatable bonds is 40. The van der Waals surface area contributed by atoms with E-state index in [1.807, 2.05) is 0 Å². The van der Waals surface area contributed by atoms with Crippen LogP contribution in [-0.4, -0.2) is 36.4 Å². The van der Waals surface area contributed by atoms with Crippen LogP contribution >= 0.6 is 0 Å². The van der Waals surface area contributed by atoms with Crippen molar-refractivity contribution in [2.24, 2.45) is 0 Å². The molecular formula is C53H84O5. The van der Waals surface area contributed by atoms with Crippen LogP contribution in [0.3, 0.4) is 0 Å². The number of carbonyl (C=O) groups is 2. The summed E-state index contributed by atoms with van der Waals surface area (Å²) < 4.78 is 10.6. The third kappa shape index (κ3) is 45.0. The lowest BCUT2D eigenvalue weighted by atomic mass is 10.1. The highest BCUT2D eigenvalue weighted by Gasteiger charge is 2.16. The lowest BCUT2D eigenvalue weighted by molar-refractivity contribution is -0.161. The van der Waals surface area contributed by atoms with Gasteiger partial charge in [-0.3, -0.25) is 9.59 Å². The number of allylic oxidation sites excluding steroid dienone is 20. The summed E-state index contributed by atoms with van der Waals surface area (Å²) in [5, 5.41) is 9.58. The Morgan fingerprint density at radius 3 is 1.16 bits per heavy atom. The molecule has 0 aliphatic rings. The van der Waals surface area contributed by atoms with E-state index in [1.54, 1.807) is 0 Å². The second-order valence-corrected chi connectivity index (χ2v) is 14.7. The van der Waals surface area contributed by atoms with Gasteiger partial charge in [0.2, 0.25) is 0 Å². The lowest BCUT2D eigenvalue weighted by Crippen LogP contribution is -2.28. The molecule has 0 amide bonds. The van der Waals surface area contributed by atoms with Gasteiger partial charge in [-0.25, -0.2) is 0 Å². The summed E-state index contributed by atoms with van der Waals surface area (Å²) in [6.45, 7) is 3.95. The summed E-state index contributed by atoms with van der Waals surface area (Å²) in [6, 6.07) is 0. The van der Waals surface area contributed by atoms with Crippen LogP contribution in [0.1, 0.15) is 181 Å². The zero-order chi connectivity index (χ0) is 42.1. The molecule has 1 atom stereocenters. The fraction of sp³-hybridized carbons (Fsp3) is 0.585. The predicted molar refractivity (Wildman–Crippen MR) is 251 cm³/mol. The van der Waals surface area contributed by atoms with E-state index in [9.17, 15) is 14.7 Å². The Labute approximate surface area is 356 Å². The molecule has 0 bridgehead atoms. The van der Waals surface area contributed by atoms with E-state index in [0.29, 0.717) is 12.8 Å². The van der Waals surface area contributed by atoms with Gasteiger partial charge in [0.25, 0.3) is 0 Å². The summed E-state index contributed by atoms with van der Waals surface area (Å²) in [5.41, 5.74) is 0. The number of carbonyl (C=O) groups excluding carboxylic acids is 2. The smallest absolute Gasteiger partial charge is 0.306 e. The SMILES string of the molecule is CC/C=C\C/C=C\C/C=C\C/C=C\C/C=C\C/C=C\C/C=C\C/C=C\C/C=C\CCCCCC(=O)OC(CO)COC(=O)CCCCCCC/C=C\CCCCCC. The van der Waals surface area contributed by atoms with E-state index in [-0.39, 0.29) is 25.2 Å². The van der Waals surface area contributed by atoms with E-state index in [0.717, 1.165) is 109 Å². The number of aliphatic hydroxyl groups excluding tert-OH is 1. The Morgan fingerprint density at radius 2 is 0.741 bits per heavy atom. The maximum absolute atomic E-state index is 12.2. The number of hydrogen-bond donors (Lipinski definition) is 1. The average Bonchev–Trinajstić information content (AvgIpc) is 3.23. The maximum Gasteiger partial charge on any atom is 0.306 e. The van der Waals surface area contributed by atoms with Crippen molar-refractivity contribution in [1.82, 2.24) is 0 Å². The Morgan fingerprint density at radius 1 is 0.414 bits per heavy atom. The zero-order valence-corrected chi connectivity index (χ0v) is 37.0. The second-order valence-electron chi connectivity index (χ2n) is 14.7. The molecule has 0 aliphatic carbocycles. The third-order valence-electron chi connectivity index (χ3n) is 9.24. The van der Waals surface area contributed by atoms with Crippen molar-refractivity contribution in [1.29, 1.82) is 0 Å². The van der Waals surface area contributed by atoms with Crippen LogP contribution in [0.5, 0.6) is 0 Å². The van der Waals surface area contributed by atoms with Gasteiger partial charge in [0, 0.05) is 12.8 Å². The normalized spacial score (nSPS) is 13.4. The van der Waals surface area contributed by atoms with E-state index < -0.39 is 6.10 Å². The monoisotopic (exact) mass is 801 g/mol. The lowest BCUT2D eigenvalue weighted by Gasteiger charge is -2.15. The highest BCUT2D eigenvalue weighted by molar-refractivity contribution is 5.70. The van der Waals surface area contributed by atoms with Crippen LogP contribution in [0.2, 0.25) is 0 Å². The van der Waals surface area contributed by atoms with Crippen LogP contribution < -0.4 is 0 Å². The Balaban J connectivity index is 3.70. The standard InChI is InChI=1S/C53H84O5/c1-3-5-7-9-11-13-15-17-18-19-20-21-22-23-24-25-26-27-28-29-30-31-32-33-34-36-38-40-42-44-46-48-53(56)58-51(49-54)50-57-52(55)47-45-43-41-39-37-35-16-14-12-10-8-6-4-2/h5,7,11,13-14,16-18,20-21,23-24,26-27,29-30,32-33,36,38,51,54H,3-4,6,8-10,12,15,19,22,25,28,31,34-35,37,39-50H2,1-2H3/b7-5-,13-11-,16-14-,18-17-,21-20-,24-23-,27-26-,30-29-,33-32-,38-36-. The zero-order valence-electron chi connectivity index (χ0n) is 37.0. The molecule has 0 spiro atoms. The molecular weight excluding hydrogens is 717 g/mol. The van der Waals surface area contributed by atoms with Gasteiger partial charge in [0.05, 0.1) is 6.61 Å². The van der Waals surface area contributed by atoms with Gasteiger partial charge in [-0.05, 0) is 109 Å². The molecule has 0 fully saturated rings. The van der Waals surface area contributed by atoms with Gasteiger partial charge in [0.1, 0.15) is 6.61 Å². The molecule has 5 heteroatoms. The maximum atomic E-state index is 12.2. The first-order valence-electron chi connectivity index (χ1n) is 23.1. The van der Waals surface area contributed by atoms with E-state index in [2.05, 4.69) is 135 Å². The van der Waals surface area contributed by atoms with E-state index in [1.165, 1.54) is 44.9 Å². The predicted octanol–water partition coefficient (Wildman–Crippen LogP) is 15.2. The first kappa shape index (κ1) is 54.3. The molecule has 5 nitrogen and oxygen atoms in total. The van der Waals surface area contributed by atoms with Crippen molar-refractivity contribution in [3.05, 3.63) is 122 Å². The van der Waals surface area contributed by atoms with Gasteiger partial charge in [-0.15, -0.1) is 0 Å². The molecule has 0 saturated carbocycles. The fourth-order valence-corrected chi connectivity index (χ4v) is 5.77. The van der Waals surface area contributed by atoms with Crippen molar-refractivity contribution in [3.8, 4) is 0 Å². The molecule has 58 heavy (non-hydrogen) atoms. The number of aliphatic hydroxyl groups is 1. The summed E-state index contributed by atoms with van der Waals surface area (Å²) >= 11 is 0. The van der Waals surface area contributed by atoms with E-state index in [4.69, 9.17) is 9.47 Å². The van der Waals surface area contributed by atoms with Crippen molar-refractivity contribution >= 4 is 11.9 Å². The van der Waals surface area contributed by atoms with Crippen LogP contribution in [-0.2, 0) is 19.1 Å². The van der Waals surface area contributed by atoms with Gasteiger partial charge in [0.15, 0.2) is 6.10 Å². The first-order valence-corrected chi connectivity index (χ1v) is 23.1. The minimum absolute atomic E-state index is 0.0916. The number of esters is 2. The summed E-state index contributed by atoms with van der Waals surface area (Å²) in [7, 11) is 0. The molecule has 1 N–H and O–H groups in total. The van der Waals surface area contributed by atoms with Crippen molar-refractivity contribution in [3.63, 3.8) is 0 Å². The Kier molecular flexibility index (Phi) is 44.6.